The molecule has 0 bridgehead atoms. The van der Waals surface area contributed by atoms with Gasteiger partial charge in [0.15, 0.2) is 0 Å². The number of amides is 1. The Morgan fingerprint density at radius 3 is 2.76 bits per heavy atom. The van der Waals surface area contributed by atoms with E-state index in [9.17, 15) is 4.79 Å². The minimum absolute atomic E-state index is 0.0530. The summed E-state index contributed by atoms with van der Waals surface area (Å²) in [6.45, 7) is 2.14. The Hall–Kier alpha value is -0.100. The molecule has 0 aliphatic heterocycles. The molecule has 0 unspecified atom stereocenters. The van der Waals surface area contributed by atoms with Gasteiger partial charge in [0.2, 0.25) is 0 Å². The maximum Gasteiger partial charge on any atom is 0.252 e. The molecule has 0 aromatic heterocycles. The van der Waals surface area contributed by atoms with Gasteiger partial charge in [-0.3, -0.25) is 4.79 Å². The average molecular weight is 408 g/mol. The fraction of sp³-hybridized carbons (Fsp3) is 0.462. The molecule has 1 N–H and O–H groups in total. The van der Waals surface area contributed by atoms with Crippen LogP contribution < -0.4 is 5.32 Å². The van der Waals surface area contributed by atoms with E-state index in [0.29, 0.717) is 0 Å². The van der Waals surface area contributed by atoms with E-state index in [1.165, 1.54) is 6.42 Å². The first kappa shape index (κ1) is 13.3. The summed E-state index contributed by atoms with van der Waals surface area (Å²) in [4.78, 5) is 12.2. The van der Waals surface area contributed by atoms with Gasteiger partial charge in [0.25, 0.3) is 5.91 Å². The van der Waals surface area contributed by atoms with Gasteiger partial charge in [-0.1, -0.05) is 22.9 Å². The highest BCUT2D eigenvalue weighted by molar-refractivity contribution is 14.1. The number of carbonyl (C=O) groups is 1. The van der Waals surface area contributed by atoms with Crippen LogP contribution in [-0.2, 0) is 0 Å². The van der Waals surface area contributed by atoms with Crippen molar-refractivity contribution in [3.63, 3.8) is 0 Å². The second kappa shape index (κ2) is 5.26. The van der Waals surface area contributed by atoms with Gasteiger partial charge in [0.05, 0.1) is 5.56 Å². The fourth-order valence-corrected chi connectivity index (χ4v) is 3.09. The third kappa shape index (κ3) is 2.84. The van der Waals surface area contributed by atoms with Gasteiger partial charge >= 0.3 is 0 Å². The van der Waals surface area contributed by atoms with Gasteiger partial charge in [-0.2, -0.15) is 0 Å². The van der Waals surface area contributed by atoms with Gasteiger partial charge in [0, 0.05) is 13.6 Å². The van der Waals surface area contributed by atoms with Crippen molar-refractivity contribution >= 4 is 44.4 Å². The Balaban J connectivity index is 2.17. The van der Waals surface area contributed by atoms with Crippen LogP contribution in [0.5, 0.6) is 0 Å². The first-order chi connectivity index (χ1) is 8.06. The number of hydrogen-bond donors (Lipinski definition) is 1. The van der Waals surface area contributed by atoms with Crippen molar-refractivity contribution < 1.29 is 4.79 Å². The third-order valence-electron chi connectivity index (χ3n) is 3.54. The quantitative estimate of drug-likeness (QED) is 0.750. The summed E-state index contributed by atoms with van der Waals surface area (Å²) in [5, 5.41) is 3.20. The summed E-state index contributed by atoms with van der Waals surface area (Å²) >= 11 is 5.61. The Morgan fingerprint density at radius 1 is 1.53 bits per heavy atom. The van der Waals surface area contributed by atoms with E-state index in [-0.39, 0.29) is 11.4 Å². The van der Waals surface area contributed by atoms with Crippen molar-refractivity contribution in [3.8, 4) is 0 Å². The SMILES string of the molecule is CCC1(NC(=O)c2cc(Br)ccc2I)CCC1. The lowest BCUT2D eigenvalue weighted by Gasteiger charge is -2.42. The molecule has 4 heteroatoms. The lowest BCUT2D eigenvalue weighted by Crippen LogP contribution is -2.53. The summed E-state index contributed by atoms with van der Waals surface area (Å²) in [6, 6.07) is 5.80. The molecule has 1 aliphatic rings. The smallest absolute Gasteiger partial charge is 0.252 e. The van der Waals surface area contributed by atoms with E-state index in [1.54, 1.807) is 0 Å². The standard InChI is InChI=1S/C13H15BrINO/c1-2-13(6-3-7-13)16-12(17)10-8-9(14)4-5-11(10)15/h4-5,8H,2-3,6-7H2,1H3,(H,16,17). The molecule has 0 heterocycles. The van der Waals surface area contributed by atoms with E-state index in [1.807, 2.05) is 18.2 Å². The maximum atomic E-state index is 12.2. The number of benzene rings is 1. The van der Waals surface area contributed by atoms with E-state index in [2.05, 4.69) is 50.8 Å². The minimum atomic E-state index is 0.0530. The Bertz CT molecular complexity index is 438. The van der Waals surface area contributed by atoms with Crippen LogP contribution >= 0.6 is 38.5 Å². The summed E-state index contributed by atoms with van der Waals surface area (Å²) < 4.78 is 1.94. The summed E-state index contributed by atoms with van der Waals surface area (Å²) in [5.41, 5.74) is 0.822. The third-order valence-corrected chi connectivity index (χ3v) is 4.97. The minimum Gasteiger partial charge on any atom is -0.347 e. The van der Waals surface area contributed by atoms with Crippen LogP contribution in [0.25, 0.3) is 0 Å². The van der Waals surface area contributed by atoms with E-state index in [0.717, 1.165) is 32.9 Å². The molecular weight excluding hydrogens is 393 g/mol. The molecule has 1 aromatic carbocycles. The second-order valence-electron chi connectivity index (χ2n) is 4.57. The van der Waals surface area contributed by atoms with E-state index >= 15 is 0 Å². The lowest BCUT2D eigenvalue weighted by molar-refractivity contribution is 0.0819. The molecule has 1 saturated carbocycles. The van der Waals surface area contributed by atoms with Gasteiger partial charge < -0.3 is 5.32 Å². The zero-order valence-corrected chi connectivity index (χ0v) is 13.5. The zero-order valence-electron chi connectivity index (χ0n) is 9.72. The maximum absolute atomic E-state index is 12.2. The molecule has 17 heavy (non-hydrogen) atoms. The molecule has 1 fully saturated rings. The molecule has 1 aliphatic carbocycles. The summed E-state index contributed by atoms with van der Waals surface area (Å²) in [6.07, 6.45) is 4.46. The van der Waals surface area contributed by atoms with Crippen molar-refractivity contribution in [2.75, 3.05) is 0 Å². The molecule has 92 valence electrons. The average Bonchev–Trinajstić information content (AvgIpc) is 2.26. The van der Waals surface area contributed by atoms with Gasteiger partial charge in [-0.05, 0) is 66.5 Å². The van der Waals surface area contributed by atoms with Crippen molar-refractivity contribution in [2.24, 2.45) is 0 Å². The number of halogens is 2. The normalized spacial score (nSPS) is 17.4. The lowest BCUT2D eigenvalue weighted by atomic mass is 9.74. The number of nitrogens with one attached hydrogen (secondary N) is 1. The largest absolute Gasteiger partial charge is 0.347 e. The summed E-state index contributed by atoms with van der Waals surface area (Å²) in [7, 11) is 0. The van der Waals surface area contributed by atoms with Crippen LogP contribution in [0, 0.1) is 3.57 Å². The second-order valence-corrected chi connectivity index (χ2v) is 6.64. The number of rotatable bonds is 3. The molecule has 2 nitrogen and oxygen atoms in total. The predicted molar refractivity (Wildman–Crippen MR) is 81.2 cm³/mol. The topological polar surface area (TPSA) is 29.1 Å². The van der Waals surface area contributed by atoms with Crippen molar-refractivity contribution in [1.82, 2.24) is 5.32 Å². The highest BCUT2D eigenvalue weighted by Gasteiger charge is 2.36. The van der Waals surface area contributed by atoms with Crippen molar-refractivity contribution in [1.29, 1.82) is 0 Å². The van der Waals surface area contributed by atoms with Crippen LogP contribution in [0.2, 0.25) is 0 Å². The zero-order chi connectivity index (χ0) is 12.5. The number of carbonyl (C=O) groups excluding carboxylic acids is 1. The highest BCUT2D eigenvalue weighted by atomic mass is 127. The van der Waals surface area contributed by atoms with Crippen LogP contribution in [0.15, 0.2) is 22.7 Å². The Kier molecular flexibility index (Phi) is 4.13. The van der Waals surface area contributed by atoms with Crippen molar-refractivity contribution in [2.45, 2.75) is 38.1 Å². The fourth-order valence-electron chi connectivity index (χ4n) is 2.15. The van der Waals surface area contributed by atoms with Gasteiger partial charge in [-0.25, -0.2) is 0 Å². The van der Waals surface area contributed by atoms with Crippen molar-refractivity contribution in [3.05, 3.63) is 31.8 Å². The molecule has 0 radical (unpaired) electrons. The summed E-state index contributed by atoms with van der Waals surface area (Å²) in [5.74, 6) is 0.0530. The number of hydrogen-bond acceptors (Lipinski definition) is 1. The van der Waals surface area contributed by atoms with Crippen LogP contribution in [0.3, 0.4) is 0 Å². The highest BCUT2D eigenvalue weighted by Crippen LogP contribution is 2.35. The molecule has 0 spiro atoms. The first-order valence-electron chi connectivity index (χ1n) is 5.84. The van der Waals surface area contributed by atoms with Gasteiger partial charge in [-0.15, -0.1) is 0 Å². The monoisotopic (exact) mass is 407 g/mol. The molecule has 1 aromatic rings. The molecule has 0 saturated heterocycles. The van der Waals surface area contributed by atoms with Crippen LogP contribution in [0.1, 0.15) is 43.0 Å². The Labute approximate surface area is 124 Å². The van der Waals surface area contributed by atoms with Crippen LogP contribution in [0.4, 0.5) is 0 Å². The van der Waals surface area contributed by atoms with E-state index in [4.69, 9.17) is 0 Å². The first-order valence-corrected chi connectivity index (χ1v) is 7.71. The van der Waals surface area contributed by atoms with E-state index < -0.39 is 0 Å². The van der Waals surface area contributed by atoms with Gasteiger partial charge in [0.1, 0.15) is 0 Å². The Morgan fingerprint density at radius 2 is 2.24 bits per heavy atom. The molecule has 2 rings (SSSR count). The predicted octanol–water partition coefficient (Wildman–Crippen LogP) is 4.12. The molecular formula is C13H15BrINO. The molecule has 1 amide bonds. The van der Waals surface area contributed by atoms with Crippen LogP contribution in [-0.4, -0.2) is 11.4 Å². The molecule has 0 atom stereocenters.